The van der Waals surface area contributed by atoms with Crippen molar-refractivity contribution in [1.29, 1.82) is 0 Å². The standard InChI is InChI=1S/C12H11BrF2N2O2.ClH/c13-8-1-2-9-7(3-8)4-10(19-9)11(18)17-6-12(14,15)5-16;/h1-4H,5-6,16H2,(H,17,18);1H. The third-order valence-electron chi connectivity index (χ3n) is 2.51. The first-order valence-corrected chi connectivity index (χ1v) is 6.26. The van der Waals surface area contributed by atoms with E-state index in [1.54, 1.807) is 18.2 Å². The molecule has 4 nitrogen and oxygen atoms in total. The Hall–Kier alpha value is -1.18. The molecule has 0 radical (unpaired) electrons. The molecule has 2 rings (SSSR count). The monoisotopic (exact) mass is 368 g/mol. The minimum absolute atomic E-state index is 0. The zero-order chi connectivity index (χ0) is 14.0. The van der Waals surface area contributed by atoms with Crippen LogP contribution < -0.4 is 11.1 Å². The average molecular weight is 370 g/mol. The minimum atomic E-state index is -3.12. The van der Waals surface area contributed by atoms with Crippen molar-refractivity contribution >= 4 is 45.2 Å². The van der Waals surface area contributed by atoms with Crippen molar-refractivity contribution in [2.45, 2.75) is 5.92 Å². The number of nitrogens with two attached hydrogens (primary N) is 1. The summed E-state index contributed by atoms with van der Waals surface area (Å²) in [5.41, 5.74) is 5.39. The Bertz CT molecular complexity index is 619. The van der Waals surface area contributed by atoms with Crippen LogP contribution in [0, 0.1) is 0 Å². The van der Waals surface area contributed by atoms with Crippen LogP contribution in [0.5, 0.6) is 0 Å². The molecule has 3 N–H and O–H groups in total. The largest absolute Gasteiger partial charge is 0.451 e. The van der Waals surface area contributed by atoms with Gasteiger partial charge in [0.2, 0.25) is 0 Å². The lowest BCUT2D eigenvalue weighted by Gasteiger charge is -2.13. The van der Waals surface area contributed by atoms with Crippen molar-refractivity contribution in [2.75, 3.05) is 13.1 Å². The number of fused-ring (bicyclic) bond motifs is 1. The highest BCUT2D eigenvalue weighted by molar-refractivity contribution is 9.10. The summed E-state index contributed by atoms with van der Waals surface area (Å²) in [6.07, 6.45) is 0. The Kier molecular flexibility index (Phi) is 5.50. The second-order valence-electron chi connectivity index (χ2n) is 4.04. The normalized spacial score (nSPS) is 11.2. The van der Waals surface area contributed by atoms with Crippen LogP contribution in [-0.4, -0.2) is 24.9 Å². The predicted octanol–water partition coefficient (Wildman–Crippen LogP) is 2.94. The van der Waals surface area contributed by atoms with Crippen LogP contribution in [0.1, 0.15) is 10.6 Å². The molecule has 0 aliphatic heterocycles. The number of alkyl halides is 2. The van der Waals surface area contributed by atoms with E-state index in [0.717, 1.165) is 4.47 Å². The first kappa shape index (κ1) is 16.9. The van der Waals surface area contributed by atoms with Gasteiger partial charge in [0.1, 0.15) is 5.58 Å². The summed E-state index contributed by atoms with van der Waals surface area (Å²) in [5.74, 6) is -3.83. The van der Waals surface area contributed by atoms with E-state index >= 15 is 0 Å². The van der Waals surface area contributed by atoms with Gasteiger partial charge in [-0.25, -0.2) is 8.78 Å². The third kappa shape index (κ3) is 3.91. The zero-order valence-electron chi connectivity index (χ0n) is 10.2. The summed E-state index contributed by atoms with van der Waals surface area (Å²) in [6.45, 7) is -1.64. The minimum Gasteiger partial charge on any atom is -0.451 e. The van der Waals surface area contributed by atoms with Crippen molar-refractivity contribution in [3.63, 3.8) is 0 Å². The molecule has 20 heavy (non-hydrogen) atoms. The van der Waals surface area contributed by atoms with E-state index in [1.807, 2.05) is 0 Å². The van der Waals surface area contributed by atoms with Gasteiger partial charge in [-0.05, 0) is 24.3 Å². The number of halogens is 4. The van der Waals surface area contributed by atoms with Gasteiger partial charge in [-0.1, -0.05) is 15.9 Å². The summed E-state index contributed by atoms with van der Waals surface area (Å²) in [6, 6.07) is 6.71. The number of rotatable bonds is 4. The van der Waals surface area contributed by atoms with E-state index in [0.29, 0.717) is 11.0 Å². The lowest BCUT2D eigenvalue weighted by Crippen LogP contribution is -2.41. The first-order chi connectivity index (χ1) is 8.91. The second-order valence-corrected chi connectivity index (χ2v) is 4.95. The molecule has 2 aromatic rings. The molecule has 110 valence electrons. The highest BCUT2D eigenvalue weighted by Crippen LogP contribution is 2.23. The second kappa shape index (κ2) is 6.51. The van der Waals surface area contributed by atoms with E-state index < -0.39 is 24.9 Å². The van der Waals surface area contributed by atoms with E-state index in [-0.39, 0.29) is 18.2 Å². The van der Waals surface area contributed by atoms with Crippen LogP contribution in [0.25, 0.3) is 11.0 Å². The van der Waals surface area contributed by atoms with Gasteiger partial charge >= 0.3 is 0 Å². The first-order valence-electron chi connectivity index (χ1n) is 5.46. The number of hydrogen-bond donors (Lipinski definition) is 2. The molecule has 1 aromatic heterocycles. The van der Waals surface area contributed by atoms with E-state index in [4.69, 9.17) is 10.2 Å². The maximum atomic E-state index is 12.9. The van der Waals surface area contributed by atoms with E-state index in [2.05, 4.69) is 21.2 Å². The molecular formula is C12H12BrClF2N2O2. The van der Waals surface area contributed by atoms with Crippen LogP contribution in [-0.2, 0) is 0 Å². The molecule has 0 aliphatic rings. The molecule has 0 saturated carbocycles. The van der Waals surface area contributed by atoms with Crippen LogP contribution >= 0.6 is 28.3 Å². The summed E-state index contributed by atoms with van der Waals surface area (Å²) in [7, 11) is 0. The molecule has 0 fully saturated rings. The molecule has 1 amide bonds. The number of nitrogens with one attached hydrogen (secondary N) is 1. The number of hydrogen-bond acceptors (Lipinski definition) is 3. The van der Waals surface area contributed by atoms with Gasteiger partial charge < -0.3 is 15.5 Å². The molecule has 8 heteroatoms. The van der Waals surface area contributed by atoms with E-state index in [1.165, 1.54) is 6.07 Å². The highest BCUT2D eigenvalue weighted by atomic mass is 79.9. The van der Waals surface area contributed by atoms with Crippen LogP contribution in [0.3, 0.4) is 0 Å². The SMILES string of the molecule is Cl.NCC(F)(F)CNC(=O)c1cc2cc(Br)ccc2o1. The van der Waals surface area contributed by atoms with Gasteiger partial charge in [0.15, 0.2) is 5.76 Å². The van der Waals surface area contributed by atoms with Crippen LogP contribution in [0.15, 0.2) is 33.2 Å². The summed E-state index contributed by atoms with van der Waals surface area (Å²) in [4.78, 5) is 11.7. The van der Waals surface area contributed by atoms with Gasteiger partial charge in [-0.15, -0.1) is 12.4 Å². The maximum absolute atomic E-state index is 12.9. The molecular weight excluding hydrogens is 357 g/mol. The lowest BCUT2D eigenvalue weighted by atomic mass is 10.2. The summed E-state index contributed by atoms with van der Waals surface area (Å²) < 4.78 is 31.9. The fraction of sp³-hybridized carbons (Fsp3) is 0.250. The topological polar surface area (TPSA) is 68.3 Å². The number of furan rings is 1. The van der Waals surface area contributed by atoms with Gasteiger partial charge in [0.25, 0.3) is 11.8 Å². The van der Waals surface area contributed by atoms with E-state index in [9.17, 15) is 13.6 Å². The number of carbonyl (C=O) groups excluding carboxylic acids is 1. The number of benzene rings is 1. The fourth-order valence-corrected chi connectivity index (χ4v) is 1.87. The van der Waals surface area contributed by atoms with Crippen LogP contribution in [0.2, 0.25) is 0 Å². The molecule has 0 atom stereocenters. The number of carbonyl (C=O) groups is 1. The number of amides is 1. The van der Waals surface area contributed by atoms with Crippen molar-refractivity contribution in [1.82, 2.24) is 5.32 Å². The molecule has 0 bridgehead atoms. The Morgan fingerprint density at radius 1 is 1.40 bits per heavy atom. The van der Waals surface area contributed by atoms with Crippen molar-refractivity contribution < 1.29 is 18.0 Å². The Labute approximate surface area is 128 Å². The highest BCUT2D eigenvalue weighted by Gasteiger charge is 2.28. The predicted molar refractivity (Wildman–Crippen MR) is 77.5 cm³/mol. The smallest absolute Gasteiger partial charge is 0.287 e. The molecule has 0 aliphatic carbocycles. The quantitative estimate of drug-likeness (QED) is 0.871. The maximum Gasteiger partial charge on any atom is 0.287 e. The van der Waals surface area contributed by atoms with Gasteiger partial charge in [-0.2, -0.15) is 0 Å². The molecule has 1 heterocycles. The van der Waals surface area contributed by atoms with Gasteiger partial charge in [-0.3, -0.25) is 4.79 Å². The molecule has 0 saturated heterocycles. The van der Waals surface area contributed by atoms with Crippen LogP contribution in [0.4, 0.5) is 8.78 Å². The average Bonchev–Trinajstić information content (AvgIpc) is 2.79. The van der Waals surface area contributed by atoms with Crippen molar-refractivity contribution in [3.8, 4) is 0 Å². The van der Waals surface area contributed by atoms with Crippen molar-refractivity contribution in [3.05, 3.63) is 34.5 Å². The third-order valence-corrected chi connectivity index (χ3v) is 3.00. The van der Waals surface area contributed by atoms with Gasteiger partial charge in [0.05, 0.1) is 13.1 Å². The Morgan fingerprint density at radius 3 is 2.75 bits per heavy atom. The summed E-state index contributed by atoms with van der Waals surface area (Å²) in [5, 5.41) is 2.80. The lowest BCUT2D eigenvalue weighted by molar-refractivity contribution is 0.0116. The summed E-state index contributed by atoms with van der Waals surface area (Å²) >= 11 is 3.29. The Balaban J connectivity index is 0.00000200. The molecule has 0 unspecified atom stereocenters. The molecule has 0 spiro atoms. The van der Waals surface area contributed by atoms with Gasteiger partial charge in [0, 0.05) is 9.86 Å². The molecule has 1 aromatic carbocycles. The van der Waals surface area contributed by atoms with Crippen molar-refractivity contribution in [2.24, 2.45) is 5.73 Å². The Morgan fingerprint density at radius 2 is 2.10 bits per heavy atom. The fourth-order valence-electron chi connectivity index (χ4n) is 1.49. The zero-order valence-corrected chi connectivity index (χ0v) is 12.6.